The molecule has 2 aromatic rings. The van der Waals surface area contributed by atoms with Gasteiger partial charge in [0.15, 0.2) is 0 Å². The molecule has 0 spiro atoms. The third kappa shape index (κ3) is 2.45. The topological polar surface area (TPSA) is 83.8 Å². The average molecular weight is 357 g/mol. The number of nitrogens with zero attached hydrogens (tertiary/aromatic N) is 3. The van der Waals surface area contributed by atoms with Crippen molar-refractivity contribution in [2.75, 3.05) is 13.2 Å². The Morgan fingerprint density at radius 1 is 1.24 bits per heavy atom. The molecule has 0 unspecified atom stereocenters. The van der Waals surface area contributed by atoms with Gasteiger partial charge in [0, 0.05) is 29.6 Å². The number of rotatable bonds is 3. The van der Waals surface area contributed by atoms with Gasteiger partial charge in [-0.1, -0.05) is 0 Å². The Morgan fingerprint density at radius 3 is 2.76 bits per heavy atom. The minimum atomic E-state index is -0.564. The molecular formula is C17H15N3O4S. The molecule has 0 saturated carbocycles. The van der Waals surface area contributed by atoms with Crippen LogP contribution in [0.25, 0.3) is 0 Å². The Kier molecular flexibility index (Phi) is 3.66. The van der Waals surface area contributed by atoms with Gasteiger partial charge in [-0.3, -0.25) is 29.5 Å². The van der Waals surface area contributed by atoms with Crippen molar-refractivity contribution in [2.24, 2.45) is 0 Å². The summed E-state index contributed by atoms with van der Waals surface area (Å²) in [7, 11) is 0. The quantitative estimate of drug-likeness (QED) is 0.479. The monoisotopic (exact) mass is 357 g/mol. The predicted octanol–water partition coefficient (Wildman–Crippen LogP) is 2.83. The number of non-ortho nitro benzene ring substituents is 1. The van der Waals surface area contributed by atoms with Crippen molar-refractivity contribution in [1.82, 2.24) is 9.80 Å². The average Bonchev–Trinajstić information content (AvgIpc) is 3.16. The molecular weight excluding hydrogens is 342 g/mol. The molecule has 128 valence electrons. The van der Waals surface area contributed by atoms with Crippen LogP contribution in [0.1, 0.15) is 44.1 Å². The maximum atomic E-state index is 12.6. The largest absolute Gasteiger partial charge is 0.278 e. The van der Waals surface area contributed by atoms with Crippen molar-refractivity contribution < 1.29 is 14.5 Å². The summed E-state index contributed by atoms with van der Waals surface area (Å²) in [6.45, 7) is 3.02. The summed E-state index contributed by atoms with van der Waals surface area (Å²) in [4.78, 5) is 40.2. The molecule has 0 radical (unpaired) electrons. The highest BCUT2D eigenvalue weighted by molar-refractivity contribution is 7.10. The highest BCUT2D eigenvalue weighted by Gasteiger charge is 2.39. The lowest BCUT2D eigenvalue weighted by molar-refractivity contribution is -0.384. The van der Waals surface area contributed by atoms with E-state index in [1.54, 1.807) is 11.3 Å². The van der Waals surface area contributed by atoms with Gasteiger partial charge >= 0.3 is 0 Å². The molecule has 8 heteroatoms. The lowest BCUT2D eigenvalue weighted by atomic mass is 10.0. The summed E-state index contributed by atoms with van der Waals surface area (Å²) in [6, 6.07) is 6.02. The molecule has 0 aliphatic carbocycles. The Morgan fingerprint density at radius 2 is 2.00 bits per heavy atom. The van der Waals surface area contributed by atoms with Crippen LogP contribution in [0.3, 0.4) is 0 Å². The van der Waals surface area contributed by atoms with Crippen LogP contribution in [0.5, 0.6) is 0 Å². The van der Waals surface area contributed by atoms with Crippen LogP contribution in [0.15, 0.2) is 29.6 Å². The third-order valence-electron chi connectivity index (χ3n) is 4.89. The van der Waals surface area contributed by atoms with Gasteiger partial charge in [0.05, 0.1) is 22.7 Å². The lowest BCUT2D eigenvalue weighted by Crippen LogP contribution is -2.44. The molecule has 2 aliphatic heterocycles. The molecule has 4 rings (SSSR count). The van der Waals surface area contributed by atoms with Crippen molar-refractivity contribution in [3.8, 4) is 0 Å². The number of amides is 2. The Bertz CT molecular complexity index is 907. The Labute approximate surface area is 147 Å². The molecule has 0 saturated heterocycles. The van der Waals surface area contributed by atoms with Crippen molar-refractivity contribution in [3.63, 3.8) is 0 Å². The number of hydrogen-bond acceptors (Lipinski definition) is 6. The van der Waals surface area contributed by atoms with Crippen LogP contribution in [-0.4, -0.2) is 39.8 Å². The standard InChI is InChI=1S/C17H15N3O4S/c1-10-12-5-7-25-15(12)4-6-18(10)9-19-16(21)13-3-2-11(20(23)24)8-14(13)17(19)22/h2-3,5,7-8,10H,4,6,9H2,1H3/t10-/m1/s1. The Hall–Kier alpha value is -2.58. The molecule has 0 bridgehead atoms. The van der Waals surface area contributed by atoms with Crippen molar-refractivity contribution >= 4 is 28.8 Å². The molecule has 25 heavy (non-hydrogen) atoms. The molecule has 3 heterocycles. The van der Waals surface area contributed by atoms with Gasteiger partial charge in [-0.25, -0.2) is 0 Å². The van der Waals surface area contributed by atoms with Gasteiger partial charge in [-0.2, -0.15) is 0 Å². The number of benzene rings is 1. The van der Waals surface area contributed by atoms with Crippen LogP contribution in [0.2, 0.25) is 0 Å². The van der Waals surface area contributed by atoms with Gasteiger partial charge in [-0.15, -0.1) is 11.3 Å². The van der Waals surface area contributed by atoms with E-state index in [4.69, 9.17) is 0 Å². The SMILES string of the molecule is C[C@@H]1c2ccsc2CCN1CN1C(=O)c2ccc([N+](=O)[O-])cc2C1=O. The fraction of sp³-hybridized carbons (Fsp3) is 0.294. The van der Waals surface area contributed by atoms with Crippen LogP contribution >= 0.6 is 11.3 Å². The number of carbonyl (C=O) groups is 2. The second-order valence-electron chi connectivity index (χ2n) is 6.20. The molecule has 2 amide bonds. The zero-order valence-electron chi connectivity index (χ0n) is 13.5. The van der Waals surface area contributed by atoms with E-state index in [1.165, 1.54) is 33.5 Å². The number of nitro groups is 1. The van der Waals surface area contributed by atoms with Crippen LogP contribution < -0.4 is 0 Å². The number of carbonyl (C=O) groups excluding carboxylic acids is 2. The minimum absolute atomic E-state index is 0.111. The van der Waals surface area contributed by atoms with Gasteiger partial charge in [0.1, 0.15) is 0 Å². The first-order valence-corrected chi connectivity index (χ1v) is 8.80. The van der Waals surface area contributed by atoms with E-state index >= 15 is 0 Å². The van der Waals surface area contributed by atoms with Crippen molar-refractivity contribution in [2.45, 2.75) is 19.4 Å². The van der Waals surface area contributed by atoms with E-state index in [9.17, 15) is 19.7 Å². The van der Waals surface area contributed by atoms with Gasteiger partial charge in [0.2, 0.25) is 0 Å². The first-order chi connectivity index (χ1) is 12.0. The molecule has 1 aromatic heterocycles. The molecule has 0 fully saturated rings. The summed E-state index contributed by atoms with van der Waals surface area (Å²) >= 11 is 1.73. The molecule has 2 aliphatic rings. The first kappa shape index (κ1) is 15.9. The van der Waals surface area contributed by atoms with E-state index in [-0.39, 0.29) is 29.5 Å². The van der Waals surface area contributed by atoms with E-state index in [1.807, 2.05) is 0 Å². The maximum Gasteiger partial charge on any atom is 0.270 e. The second-order valence-corrected chi connectivity index (χ2v) is 7.20. The van der Waals surface area contributed by atoms with Gasteiger partial charge in [0.25, 0.3) is 17.5 Å². The maximum absolute atomic E-state index is 12.6. The molecule has 7 nitrogen and oxygen atoms in total. The number of nitro benzene ring substituents is 1. The first-order valence-electron chi connectivity index (χ1n) is 7.92. The molecule has 1 aromatic carbocycles. The van der Waals surface area contributed by atoms with E-state index in [2.05, 4.69) is 23.3 Å². The minimum Gasteiger partial charge on any atom is -0.278 e. The van der Waals surface area contributed by atoms with E-state index in [0.29, 0.717) is 0 Å². The zero-order valence-corrected chi connectivity index (χ0v) is 14.3. The number of hydrogen-bond donors (Lipinski definition) is 0. The van der Waals surface area contributed by atoms with Crippen molar-refractivity contribution in [1.29, 1.82) is 0 Å². The summed E-state index contributed by atoms with van der Waals surface area (Å²) in [5, 5.41) is 13.0. The summed E-state index contributed by atoms with van der Waals surface area (Å²) < 4.78 is 0. The second kappa shape index (κ2) is 5.75. The van der Waals surface area contributed by atoms with Crippen LogP contribution in [0.4, 0.5) is 5.69 Å². The van der Waals surface area contributed by atoms with Gasteiger partial charge in [-0.05, 0) is 36.4 Å². The predicted molar refractivity (Wildman–Crippen MR) is 91.6 cm³/mol. The summed E-state index contributed by atoms with van der Waals surface area (Å²) in [6.07, 6.45) is 0.895. The van der Waals surface area contributed by atoms with E-state index in [0.717, 1.165) is 13.0 Å². The molecule has 0 N–H and O–H groups in total. The number of fused-ring (bicyclic) bond motifs is 2. The number of thiophene rings is 1. The summed E-state index contributed by atoms with van der Waals surface area (Å²) in [5.41, 5.74) is 1.40. The van der Waals surface area contributed by atoms with Crippen molar-refractivity contribution in [3.05, 3.63) is 61.3 Å². The zero-order chi connectivity index (χ0) is 17.7. The highest BCUT2D eigenvalue weighted by Crippen LogP contribution is 2.34. The van der Waals surface area contributed by atoms with E-state index < -0.39 is 16.7 Å². The smallest absolute Gasteiger partial charge is 0.270 e. The Balaban J connectivity index is 1.59. The fourth-order valence-electron chi connectivity index (χ4n) is 3.46. The normalized spacial score (nSPS) is 19.9. The highest BCUT2D eigenvalue weighted by atomic mass is 32.1. The fourth-order valence-corrected chi connectivity index (χ4v) is 4.42. The molecule has 1 atom stereocenters. The van der Waals surface area contributed by atoms with Crippen LogP contribution in [0, 0.1) is 10.1 Å². The number of imide groups is 1. The third-order valence-corrected chi connectivity index (χ3v) is 5.89. The van der Waals surface area contributed by atoms with Gasteiger partial charge < -0.3 is 0 Å². The summed E-state index contributed by atoms with van der Waals surface area (Å²) in [5.74, 6) is -0.856. The van der Waals surface area contributed by atoms with Crippen LogP contribution in [-0.2, 0) is 6.42 Å². The lowest BCUT2D eigenvalue weighted by Gasteiger charge is -2.35.